The lowest BCUT2D eigenvalue weighted by atomic mass is 9.83. The average Bonchev–Trinajstić information content (AvgIpc) is 3.16. The van der Waals surface area contributed by atoms with Crippen LogP contribution >= 0.6 is 22.9 Å². The number of carbonyl (C=O) groups excluding carboxylic acids is 2. The number of allylic oxidation sites excluding steroid dienone is 2. The highest BCUT2D eigenvalue weighted by molar-refractivity contribution is 7.18. The Hall–Kier alpha value is -2.70. The fourth-order valence-electron chi connectivity index (χ4n) is 3.35. The Bertz CT molecular complexity index is 1030. The fraction of sp³-hybridized carbons (Fsp3) is 0.190. The molecule has 0 radical (unpaired) electrons. The zero-order valence-corrected chi connectivity index (χ0v) is 16.5. The van der Waals surface area contributed by atoms with Crippen molar-refractivity contribution in [1.29, 1.82) is 0 Å². The van der Waals surface area contributed by atoms with Gasteiger partial charge in [-0.2, -0.15) is 0 Å². The van der Waals surface area contributed by atoms with Crippen LogP contribution in [0.3, 0.4) is 0 Å². The van der Waals surface area contributed by atoms with Gasteiger partial charge in [0.15, 0.2) is 0 Å². The van der Waals surface area contributed by atoms with Crippen LogP contribution in [0.4, 0.5) is 0 Å². The third-order valence-electron chi connectivity index (χ3n) is 4.81. The molecule has 0 unspecified atom stereocenters. The van der Waals surface area contributed by atoms with Crippen LogP contribution in [-0.4, -0.2) is 16.8 Å². The second-order valence-corrected chi connectivity index (χ2v) is 8.07. The van der Waals surface area contributed by atoms with Crippen LogP contribution in [0.25, 0.3) is 10.2 Å². The molecule has 7 heteroatoms. The van der Waals surface area contributed by atoms with Crippen molar-refractivity contribution in [1.82, 2.24) is 15.8 Å². The van der Waals surface area contributed by atoms with E-state index in [1.807, 2.05) is 30.3 Å². The summed E-state index contributed by atoms with van der Waals surface area (Å²) < 4.78 is 1.11. The van der Waals surface area contributed by atoms with Gasteiger partial charge >= 0.3 is 0 Å². The van der Waals surface area contributed by atoms with Gasteiger partial charge in [0.05, 0.1) is 31.7 Å². The number of thiazole rings is 1. The van der Waals surface area contributed by atoms with Gasteiger partial charge in [-0.15, -0.1) is 11.3 Å². The predicted molar refractivity (Wildman–Crippen MR) is 111 cm³/mol. The molecule has 0 aliphatic heterocycles. The largest absolute Gasteiger partial charge is 0.273 e. The van der Waals surface area contributed by atoms with Gasteiger partial charge in [0.2, 0.25) is 5.91 Å². The van der Waals surface area contributed by atoms with E-state index in [1.165, 1.54) is 0 Å². The van der Waals surface area contributed by atoms with E-state index in [4.69, 9.17) is 16.6 Å². The molecule has 1 heterocycles. The van der Waals surface area contributed by atoms with E-state index in [2.05, 4.69) is 16.9 Å². The minimum atomic E-state index is -0.443. The minimum Gasteiger partial charge on any atom is -0.273 e. The second kappa shape index (κ2) is 8.12. The standard InChI is InChI=1S/C21H18ClN3O2S/c22-16-10-4-3-9-15(16)20(27)25-24-19(26)13-7-1-2-8-14(13)21-23-17-11-5-6-12-18(17)28-21/h1-6,9-14H,7-8H2,(H,24,26)(H,25,27)/t13-,14-/m1/s1. The summed E-state index contributed by atoms with van der Waals surface area (Å²) in [4.78, 5) is 29.8. The number of hydrogen-bond acceptors (Lipinski definition) is 4. The first-order valence-electron chi connectivity index (χ1n) is 8.98. The van der Waals surface area contributed by atoms with Crippen molar-refractivity contribution >= 4 is 45.0 Å². The van der Waals surface area contributed by atoms with E-state index in [0.29, 0.717) is 17.0 Å². The highest BCUT2D eigenvalue weighted by Crippen LogP contribution is 2.38. The monoisotopic (exact) mass is 411 g/mol. The number of fused-ring (bicyclic) bond motifs is 1. The molecular weight excluding hydrogens is 394 g/mol. The third-order valence-corrected chi connectivity index (χ3v) is 6.31. The lowest BCUT2D eigenvalue weighted by Crippen LogP contribution is -2.46. The van der Waals surface area contributed by atoms with Crippen LogP contribution in [0.2, 0.25) is 5.02 Å². The van der Waals surface area contributed by atoms with E-state index < -0.39 is 5.91 Å². The SMILES string of the molecule is O=C(NNC(=O)[C@@H]1CC=CC[C@H]1c1nc2ccccc2s1)c1ccccc1Cl. The van der Waals surface area contributed by atoms with Crippen LogP contribution in [-0.2, 0) is 4.79 Å². The molecule has 142 valence electrons. The Labute approximate surface area is 171 Å². The summed E-state index contributed by atoms with van der Waals surface area (Å²) in [5.41, 5.74) is 6.29. The first-order chi connectivity index (χ1) is 13.6. The minimum absolute atomic E-state index is 0.0142. The Kier molecular flexibility index (Phi) is 5.41. The quantitative estimate of drug-likeness (QED) is 0.493. The van der Waals surface area contributed by atoms with Crippen molar-refractivity contribution in [3.05, 3.63) is 76.3 Å². The summed E-state index contributed by atoms with van der Waals surface area (Å²) >= 11 is 7.65. The van der Waals surface area contributed by atoms with Gasteiger partial charge in [0, 0.05) is 5.92 Å². The zero-order valence-electron chi connectivity index (χ0n) is 14.9. The van der Waals surface area contributed by atoms with Crippen LogP contribution < -0.4 is 10.9 Å². The van der Waals surface area contributed by atoms with Crippen LogP contribution in [0.5, 0.6) is 0 Å². The average molecular weight is 412 g/mol. The van der Waals surface area contributed by atoms with Crippen molar-refractivity contribution in [2.45, 2.75) is 18.8 Å². The summed E-state index contributed by atoms with van der Waals surface area (Å²) in [6, 6.07) is 14.7. The van der Waals surface area contributed by atoms with Gasteiger partial charge in [-0.3, -0.25) is 20.4 Å². The normalized spacial score (nSPS) is 18.8. The number of nitrogens with one attached hydrogen (secondary N) is 2. The summed E-state index contributed by atoms with van der Waals surface area (Å²) in [7, 11) is 0. The molecule has 5 nitrogen and oxygen atoms in total. The summed E-state index contributed by atoms with van der Waals surface area (Å²) in [5.74, 6) is -0.979. The number of nitrogens with zero attached hydrogens (tertiary/aromatic N) is 1. The molecule has 0 saturated carbocycles. The number of halogens is 1. The lowest BCUT2D eigenvalue weighted by molar-refractivity contribution is -0.126. The van der Waals surface area contributed by atoms with Gasteiger partial charge < -0.3 is 0 Å². The van der Waals surface area contributed by atoms with E-state index >= 15 is 0 Å². The number of para-hydroxylation sites is 1. The molecule has 0 saturated heterocycles. The number of hydrazine groups is 1. The summed E-state index contributed by atoms with van der Waals surface area (Å²) in [5, 5.41) is 1.28. The van der Waals surface area contributed by atoms with Crippen LogP contribution in [0.1, 0.15) is 34.1 Å². The Morgan fingerprint density at radius 1 is 1.00 bits per heavy atom. The van der Waals surface area contributed by atoms with Gasteiger partial charge in [-0.1, -0.05) is 48.0 Å². The van der Waals surface area contributed by atoms with E-state index in [-0.39, 0.29) is 17.7 Å². The highest BCUT2D eigenvalue weighted by Gasteiger charge is 2.32. The van der Waals surface area contributed by atoms with Crippen LogP contribution in [0, 0.1) is 5.92 Å². The fourth-order valence-corrected chi connectivity index (χ4v) is 4.72. The first-order valence-corrected chi connectivity index (χ1v) is 10.2. The number of benzene rings is 2. The predicted octanol–water partition coefficient (Wildman–Crippen LogP) is 4.46. The van der Waals surface area contributed by atoms with E-state index in [0.717, 1.165) is 21.6 Å². The molecule has 0 bridgehead atoms. The molecule has 1 aliphatic carbocycles. The molecule has 28 heavy (non-hydrogen) atoms. The molecule has 1 aromatic heterocycles. The molecule has 2 N–H and O–H groups in total. The maximum atomic E-state index is 12.8. The van der Waals surface area contributed by atoms with Crippen molar-refractivity contribution in [2.75, 3.05) is 0 Å². The number of rotatable bonds is 3. The zero-order chi connectivity index (χ0) is 19.5. The number of carbonyl (C=O) groups is 2. The van der Waals surface area contributed by atoms with Crippen LogP contribution in [0.15, 0.2) is 60.7 Å². The maximum Gasteiger partial charge on any atom is 0.271 e. The van der Waals surface area contributed by atoms with Crippen molar-refractivity contribution in [3.63, 3.8) is 0 Å². The Morgan fingerprint density at radius 2 is 1.75 bits per heavy atom. The van der Waals surface area contributed by atoms with Gasteiger partial charge in [0.1, 0.15) is 0 Å². The lowest BCUT2D eigenvalue weighted by Gasteiger charge is -2.26. The molecule has 0 spiro atoms. The van der Waals surface area contributed by atoms with Crippen molar-refractivity contribution in [2.24, 2.45) is 5.92 Å². The number of aromatic nitrogens is 1. The maximum absolute atomic E-state index is 12.8. The smallest absolute Gasteiger partial charge is 0.271 e. The number of amides is 2. The van der Waals surface area contributed by atoms with Gasteiger partial charge in [-0.05, 0) is 37.1 Å². The molecule has 3 aromatic rings. The molecule has 2 aromatic carbocycles. The van der Waals surface area contributed by atoms with Crippen molar-refractivity contribution in [3.8, 4) is 0 Å². The molecule has 2 atom stereocenters. The molecule has 4 rings (SSSR count). The van der Waals surface area contributed by atoms with Crippen molar-refractivity contribution < 1.29 is 9.59 Å². The first kappa shape index (κ1) is 18.7. The summed E-state index contributed by atoms with van der Waals surface area (Å²) in [6.45, 7) is 0. The molecule has 1 aliphatic rings. The molecule has 0 fully saturated rings. The van der Waals surface area contributed by atoms with Gasteiger partial charge in [-0.25, -0.2) is 4.98 Å². The third kappa shape index (κ3) is 3.79. The highest BCUT2D eigenvalue weighted by atomic mass is 35.5. The summed E-state index contributed by atoms with van der Waals surface area (Å²) in [6.07, 6.45) is 5.44. The topological polar surface area (TPSA) is 71.1 Å². The Balaban J connectivity index is 1.48. The van der Waals surface area contributed by atoms with Gasteiger partial charge in [0.25, 0.3) is 5.91 Å². The van der Waals surface area contributed by atoms with E-state index in [9.17, 15) is 9.59 Å². The molecular formula is C21H18ClN3O2S. The Morgan fingerprint density at radius 3 is 2.57 bits per heavy atom. The van der Waals surface area contributed by atoms with E-state index in [1.54, 1.807) is 35.6 Å². The second-order valence-electron chi connectivity index (χ2n) is 6.60. The number of hydrogen-bond donors (Lipinski definition) is 2. The molecule has 2 amide bonds.